The van der Waals surface area contributed by atoms with Crippen molar-refractivity contribution < 1.29 is 0 Å². The highest BCUT2D eigenvalue weighted by Crippen LogP contribution is 2.20. The average molecular weight is 242 g/mol. The summed E-state index contributed by atoms with van der Waals surface area (Å²) in [4.78, 5) is 11.2. The maximum atomic E-state index is 4.28. The Balaban J connectivity index is 2.08. The van der Waals surface area contributed by atoms with Gasteiger partial charge in [0.1, 0.15) is 5.82 Å². The molecule has 1 aromatic rings. The lowest BCUT2D eigenvalue weighted by Gasteiger charge is -2.30. The summed E-state index contributed by atoms with van der Waals surface area (Å²) < 4.78 is 0. The molecule has 2 rings (SSSR count). The van der Waals surface area contributed by atoms with E-state index in [4.69, 9.17) is 0 Å². The summed E-state index contributed by atoms with van der Waals surface area (Å²) in [6.07, 6.45) is 7.76. The Morgan fingerprint density at radius 3 is 3.08 bits per heavy atom. The average Bonchev–Trinajstić information content (AvgIpc) is 2.19. The first kappa shape index (κ1) is 8.94. The summed E-state index contributed by atoms with van der Waals surface area (Å²) in [5.74, 6) is 0.992. The van der Waals surface area contributed by atoms with Gasteiger partial charge in [-0.15, -0.1) is 0 Å². The molecule has 0 radical (unpaired) electrons. The van der Waals surface area contributed by atoms with Crippen LogP contribution in [0, 0.1) is 0 Å². The lowest BCUT2D eigenvalue weighted by Crippen LogP contribution is -2.36. The van der Waals surface area contributed by atoms with Gasteiger partial charge in [0.15, 0.2) is 0 Å². The van der Waals surface area contributed by atoms with Crippen molar-refractivity contribution in [1.29, 1.82) is 0 Å². The Morgan fingerprint density at radius 1 is 1.46 bits per heavy atom. The molecule has 1 aliphatic heterocycles. The smallest absolute Gasteiger partial charge is 0.147 e. The van der Waals surface area contributed by atoms with E-state index in [0.717, 1.165) is 18.9 Å². The molecule has 2 heterocycles. The highest BCUT2D eigenvalue weighted by molar-refractivity contribution is 9.09. The number of hydrogen-bond acceptors (Lipinski definition) is 3. The Kier molecular flexibility index (Phi) is 2.78. The van der Waals surface area contributed by atoms with Crippen LogP contribution >= 0.6 is 15.9 Å². The number of piperidine rings is 1. The molecule has 0 spiro atoms. The van der Waals surface area contributed by atoms with Gasteiger partial charge in [0, 0.05) is 30.3 Å². The summed E-state index contributed by atoms with van der Waals surface area (Å²) in [6.45, 7) is 2.14. The van der Waals surface area contributed by atoms with Crippen LogP contribution in [0.25, 0.3) is 0 Å². The molecule has 1 aliphatic rings. The topological polar surface area (TPSA) is 29.0 Å². The summed E-state index contributed by atoms with van der Waals surface area (Å²) >= 11 is 3.64. The van der Waals surface area contributed by atoms with Crippen molar-refractivity contribution in [3.05, 3.63) is 18.6 Å². The van der Waals surface area contributed by atoms with Gasteiger partial charge in [-0.2, -0.15) is 0 Å². The van der Waals surface area contributed by atoms with Gasteiger partial charge in [-0.05, 0) is 12.8 Å². The third-order valence-electron chi connectivity index (χ3n) is 2.24. The molecular weight excluding hydrogens is 230 g/mol. The van der Waals surface area contributed by atoms with E-state index < -0.39 is 0 Å². The Hall–Kier alpha value is -0.640. The van der Waals surface area contributed by atoms with Crippen LogP contribution < -0.4 is 4.90 Å². The van der Waals surface area contributed by atoms with Crippen LogP contribution in [0.5, 0.6) is 0 Å². The van der Waals surface area contributed by atoms with Crippen LogP contribution in [0.15, 0.2) is 18.6 Å². The fourth-order valence-electron chi connectivity index (χ4n) is 1.59. The first-order chi connectivity index (χ1) is 6.36. The van der Waals surface area contributed by atoms with E-state index in [1.165, 1.54) is 12.8 Å². The summed E-state index contributed by atoms with van der Waals surface area (Å²) in [5, 5.41) is 0. The van der Waals surface area contributed by atoms with E-state index in [1.54, 1.807) is 12.4 Å². The van der Waals surface area contributed by atoms with Crippen molar-refractivity contribution in [2.45, 2.75) is 17.7 Å². The number of nitrogens with zero attached hydrogens (tertiary/aromatic N) is 3. The lowest BCUT2D eigenvalue weighted by molar-refractivity contribution is 0.590. The standard InChI is InChI=1S/C9H12BrN3/c10-8-2-1-5-13(7-8)9-6-11-3-4-12-9/h3-4,6,8H,1-2,5,7H2. The van der Waals surface area contributed by atoms with Crippen LogP contribution in [0.2, 0.25) is 0 Å². The molecule has 3 nitrogen and oxygen atoms in total. The van der Waals surface area contributed by atoms with Crippen molar-refractivity contribution in [2.24, 2.45) is 0 Å². The summed E-state index contributed by atoms with van der Waals surface area (Å²) in [7, 11) is 0. The van der Waals surface area contributed by atoms with E-state index in [0.29, 0.717) is 4.83 Å². The molecule has 1 saturated heterocycles. The summed E-state index contributed by atoms with van der Waals surface area (Å²) in [6, 6.07) is 0. The number of halogens is 1. The zero-order valence-electron chi connectivity index (χ0n) is 7.36. The highest BCUT2D eigenvalue weighted by atomic mass is 79.9. The minimum absolute atomic E-state index is 0.600. The molecule has 0 aliphatic carbocycles. The highest BCUT2D eigenvalue weighted by Gasteiger charge is 2.18. The zero-order valence-corrected chi connectivity index (χ0v) is 8.94. The van der Waals surface area contributed by atoms with Crippen LogP contribution in [0.3, 0.4) is 0 Å². The van der Waals surface area contributed by atoms with Gasteiger partial charge in [0.2, 0.25) is 0 Å². The number of aromatic nitrogens is 2. The van der Waals surface area contributed by atoms with Crippen LogP contribution in [0.1, 0.15) is 12.8 Å². The van der Waals surface area contributed by atoms with E-state index in [2.05, 4.69) is 30.8 Å². The van der Waals surface area contributed by atoms with Crippen LogP contribution in [0.4, 0.5) is 5.82 Å². The zero-order chi connectivity index (χ0) is 9.10. The molecule has 0 bridgehead atoms. The van der Waals surface area contributed by atoms with Crippen molar-refractivity contribution in [3.8, 4) is 0 Å². The Morgan fingerprint density at radius 2 is 2.38 bits per heavy atom. The first-order valence-corrected chi connectivity index (χ1v) is 5.43. The van der Waals surface area contributed by atoms with E-state index in [1.807, 2.05) is 6.20 Å². The monoisotopic (exact) mass is 241 g/mol. The third-order valence-corrected chi connectivity index (χ3v) is 2.98. The quantitative estimate of drug-likeness (QED) is 0.703. The van der Waals surface area contributed by atoms with Crippen molar-refractivity contribution in [1.82, 2.24) is 9.97 Å². The maximum Gasteiger partial charge on any atom is 0.147 e. The minimum atomic E-state index is 0.600. The molecule has 1 aromatic heterocycles. The predicted octanol–water partition coefficient (Wildman–Crippen LogP) is 1.84. The molecule has 4 heteroatoms. The number of rotatable bonds is 1. The van der Waals surface area contributed by atoms with Gasteiger partial charge >= 0.3 is 0 Å². The predicted molar refractivity (Wildman–Crippen MR) is 56.2 cm³/mol. The van der Waals surface area contributed by atoms with Gasteiger partial charge in [-0.1, -0.05) is 15.9 Å². The van der Waals surface area contributed by atoms with E-state index in [-0.39, 0.29) is 0 Å². The third kappa shape index (κ3) is 2.18. The molecule has 1 unspecified atom stereocenters. The largest absolute Gasteiger partial charge is 0.354 e. The molecule has 1 fully saturated rings. The second kappa shape index (κ2) is 4.05. The van der Waals surface area contributed by atoms with E-state index in [9.17, 15) is 0 Å². The van der Waals surface area contributed by atoms with Crippen molar-refractivity contribution in [3.63, 3.8) is 0 Å². The second-order valence-corrected chi connectivity index (χ2v) is 4.54. The Labute approximate surface area is 86.3 Å². The maximum absolute atomic E-state index is 4.28. The SMILES string of the molecule is BrC1CCCN(c2cnccn2)C1. The fraction of sp³-hybridized carbons (Fsp3) is 0.556. The van der Waals surface area contributed by atoms with Crippen LogP contribution in [-0.4, -0.2) is 27.9 Å². The summed E-state index contributed by atoms with van der Waals surface area (Å²) in [5.41, 5.74) is 0. The minimum Gasteiger partial charge on any atom is -0.354 e. The van der Waals surface area contributed by atoms with Gasteiger partial charge in [0.05, 0.1) is 6.20 Å². The van der Waals surface area contributed by atoms with Crippen molar-refractivity contribution in [2.75, 3.05) is 18.0 Å². The normalized spacial score (nSPS) is 23.2. The second-order valence-electron chi connectivity index (χ2n) is 3.25. The number of hydrogen-bond donors (Lipinski definition) is 0. The molecule has 1 atom stereocenters. The first-order valence-electron chi connectivity index (χ1n) is 4.51. The molecule has 0 saturated carbocycles. The molecule has 0 N–H and O–H groups in total. The number of alkyl halides is 1. The van der Waals surface area contributed by atoms with Crippen LogP contribution in [-0.2, 0) is 0 Å². The molecule has 0 aromatic carbocycles. The van der Waals surface area contributed by atoms with Gasteiger partial charge in [-0.3, -0.25) is 4.98 Å². The number of anilines is 1. The van der Waals surface area contributed by atoms with Gasteiger partial charge in [0.25, 0.3) is 0 Å². The van der Waals surface area contributed by atoms with Gasteiger partial charge in [-0.25, -0.2) is 4.98 Å². The molecular formula is C9H12BrN3. The Bertz CT molecular complexity index is 265. The van der Waals surface area contributed by atoms with E-state index >= 15 is 0 Å². The molecule has 13 heavy (non-hydrogen) atoms. The lowest BCUT2D eigenvalue weighted by atomic mass is 10.1. The fourth-order valence-corrected chi connectivity index (χ4v) is 2.26. The molecule has 0 amide bonds. The van der Waals surface area contributed by atoms with Gasteiger partial charge < -0.3 is 4.90 Å². The van der Waals surface area contributed by atoms with Crippen molar-refractivity contribution >= 4 is 21.7 Å². The molecule has 70 valence electrons.